The number of aromatic hydroxyl groups is 4. The van der Waals surface area contributed by atoms with Crippen LogP contribution in [0.15, 0.2) is 47.6 Å². The van der Waals surface area contributed by atoms with Crippen LogP contribution in [0, 0.1) is 0 Å². The predicted octanol–water partition coefficient (Wildman–Crippen LogP) is 5.45. The first-order valence-corrected chi connectivity index (χ1v) is 10.3. The molecule has 31 heavy (non-hydrogen) atoms. The predicted molar refractivity (Wildman–Crippen MR) is 118 cm³/mol. The molecule has 0 bridgehead atoms. The van der Waals surface area contributed by atoms with Gasteiger partial charge in [-0.1, -0.05) is 23.3 Å². The van der Waals surface area contributed by atoms with E-state index in [1.165, 1.54) is 29.8 Å². The van der Waals surface area contributed by atoms with Gasteiger partial charge in [0, 0.05) is 23.3 Å². The van der Waals surface area contributed by atoms with Gasteiger partial charge in [0.2, 0.25) is 0 Å². The highest BCUT2D eigenvalue weighted by Gasteiger charge is 2.34. The highest BCUT2D eigenvalue weighted by Crippen LogP contribution is 2.46. The fourth-order valence-corrected chi connectivity index (χ4v) is 3.67. The fraction of sp³-hybridized carbons (Fsp3) is 0.320. The molecule has 0 saturated carbocycles. The summed E-state index contributed by atoms with van der Waals surface area (Å²) in [5.74, 6) is -1.01. The molecular formula is C25H28O6. The fourth-order valence-electron chi connectivity index (χ4n) is 3.67. The van der Waals surface area contributed by atoms with Crippen LogP contribution in [0.2, 0.25) is 0 Å². The number of fused-ring (bicyclic) bond motifs is 1. The summed E-state index contributed by atoms with van der Waals surface area (Å²) in [6.07, 6.45) is 5.37. The minimum absolute atomic E-state index is 0.0397. The summed E-state index contributed by atoms with van der Waals surface area (Å²) in [5, 5.41) is 40.5. The van der Waals surface area contributed by atoms with Crippen LogP contribution in [0.5, 0.6) is 28.7 Å². The van der Waals surface area contributed by atoms with E-state index < -0.39 is 6.10 Å². The van der Waals surface area contributed by atoms with Gasteiger partial charge in [0.15, 0.2) is 5.78 Å². The molecule has 0 radical (unpaired) electrons. The van der Waals surface area contributed by atoms with E-state index in [0.717, 1.165) is 18.4 Å². The first-order valence-electron chi connectivity index (χ1n) is 10.3. The third kappa shape index (κ3) is 5.02. The van der Waals surface area contributed by atoms with Crippen molar-refractivity contribution >= 4 is 5.78 Å². The number of ether oxygens (including phenoxy) is 1. The Hall–Kier alpha value is -3.41. The number of benzene rings is 2. The van der Waals surface area contributed by atoms with E-state index in [1.807, 2.05) is 13.0 Å². The molecule has 2 aromatic rings. The lowest BCUT2D eigenvalue weighted by molar-refractivity contribution is 0.0839. The number of ketones is 1. The second-order valence-corrected chi connectivity index (χ2v) is 8.15. The van der Waals surface area contributed by atoms with Crippen LogP contribution in [-0.4, -0.2) is 26.2 Å². The third-order valence-corrected chi connectivity index (χ3v) is 5.36. The van der Waals surface area contributed by atoms with Crippen LogP contribution >= 0.6 is 0 Å². The Kier molecular flexibility index (Phi) is 6.59. The third-order valence-electron chi connectivity index (χ3n) is 5.36. The Bertz CT molecular complexity index is 1060. The lowest BCUT2D eigenvalue weighted by atomic mass is 9.91. The second-order valence-electron chi connectivity index (χ2n) is 8.15. The topological polar surface area (TPSA) is 107 Å². The summed E-state index contributed by atoms with van der Waals surface area (Å²) in [6.45, 7) is 6.11. The molecule has 4 N–H and O–H groups in total. The molecule has 0 spiro atoms. The molecule has 0 fully saturated rings. The van der Waals surface area contributed by atoms with Crippen molar-refractivity contribution in [1.29, 1.82) is 0 Å². The van der Waals surface area contributed by atoms with Crippen molar-refractivity contribution in [2.75, 3.05) is 0 Å². The van der Waals surface area contributed by atoms with Gasteiger partial charge in [-0.05, 0) is 52.2 Å². The van der Waals surface area contributed by atoms with Crippen LogP contribution in [0.3, 0.4) is 0 Å². The number of rotatable bonds is 6. The Balaban J connectivity index is 1.94. The Morgan fingerprint density at radius 2 is 1.77 bits per heavy atom. The number of allylic oxidation sites excluding steroid dienone is 4. The van der Waals surface area contributed by atoms with Gasteiger partial charge in [-0.2, -0.15) is 0 Å². The Morgan fingerprint density at radius 1 is 1.03 bits per heavy atom. The molecule has 1 aliphatic heterocycles. The van der Waals surface area contributed by atoms with Gasteiger partial charge in [0.1, 0.15) is 40.4 Å². The van der Waals surface area contributed by atoms with Gasteiger partial charge < -0.3 is 25.2 Å². The molecule has 6 nitrogen and oxygen atoms in total. The number of phenols is 4. The lowest BCUT2D eigenvalue weighted by Gasteiger charge is -2.28. The summed E-state index contributed by atoms with van der Waals surface area (Å²) in [7, 11) is 0. The Morgan fingerprint density at radius 3 is 2.45 bits per heavy atom. The standard InChI is InChI=1S/C25H28O6/c1-14(2)5-4-6-15(3)7-9-18-20(28)12-21(29)24-22(30)13-23(31-25(18)24)17-10-8-16(26)11-19(17)27/h5,7-8,10-12,23,26-29H,4,6,9,13H2,1-3H3/b15-7+/t23-/m0/s1. The van der Waals surface area contributed by atoms with Crippen molar-refractivity contribution in [1.82, 2.24) is 0 Å². The zero-order chi connectivity index (χ0) is 22.7. The molecule has 6 heteroatoms. The van der Waals surface area contributed by atoms with E-state index in [1.54, 1.807) is 0 Å². The maximum absolute atomic E-state index is 12.8. The molecule has 1 aliphatic rings. The van der Waals surface area contributed by atoms with E-state index in [2.05, 4.69) is 19.9 Å². The van der Waals surface area contributed by atoms with Crippen LogP contribution in [0.25, 0.3) is 0 Å². The summed E-state index contributed by atoms with van der Waals surface area (Å²) in [4.78, 5) is 12.8. The van der Waals surface area contributed by atoms with Gasteiger partial charge >= 0.3 is 0 Å². The van der Waals surface area contributed by atoms with Crippen molar-refractivity contribution in [2.45, 2.75) is 52.6 Å². The highest BCUT2D eigenvalue weighted by atomic mass is 16.5. The number of carbonyl (C=O) groups excluding carboxylic acids is 1. The van der Waals surface area contributed by atoms with E-state index in [4.69, 9.17) is 4.74 Å². The number of phenolic OH excluding ortho intramolecular Hbond substituents is 4. The van der Waals surface area contributed by atoms with Gasteiger partial charge in [0.25, 0.3) is 0 Å². The maximum atomic E-state index is 12.8. The number of Topliss-reactive ketones (excluding diaryl/α,β-unsaturated/α-hetero) is 1. The largest absolute Gasteiger partial charge is 0.508 e. The molecule has 2 aromatic carbocycles. The SMILES string of the molecule is CC(C)=CCC/C(C)=C/Cc1c(O)cc(O)c2c1O[C@H](c1ccc(O)cc1O)CC2=O. The zero-order valence-corrected chi connectivity index (χ0v) is 18.0. The molecule has 0 amide bonds. The average Bonchev–Trinajstić information content (AvgIpc) is 2.66. The number of hydrogen-bond acceptors (Lipinski definition) is 6. The number of carbonyl (C=O) groups is 1. The highest BCUT2D eigenvalue weighted by molar-refractivity contribution is 6.03. The van der Waals surface area contributed by atoms with Gasteiger partial charge in [-0.3, -0.25) is 4.79 Å². The minimum atomic E-state index is -0.803. The molecule has 1 heterocycles. The molecule has 0 aliphatic carbocycles. The molecule has 1 atom stereocenters. The normalized spacial score (nSPS) is 15.9. The van der Waals surface area contributed by atoms with Gasteiger partial charge in [0.05, 0.1) is 6.42 Å². The van der Waals surface area contributed by atoms with Crippen LogP contribution < -0.4 is 4.74 Å². The van der Waals surface area contributed by atoms with Crippen molar-refractivity contribution in [3.63, 3.8) is 0 Å². The molecule has 3 rings (SSSR count). The molecule has 0 aromatic heterocycles. The summed E-state index contributed by atoms with van der Waals surface area (Å²) < 4.78 is 6.03. The summed E-state index contributed by atoms with van der Waals surface area (Å²) in [5.41, 5.74) is 3.18. The molecule has 0 unspecified atom stereocenters. The van der Waals surface area contributed by atoms with Gasteiger partial charge in [-0.15, -0.1) is 0 Å². The zero-order valence-electron chi connectivity index (χ0n) is 18.0. The first-order chi connectivity index (χ1) is 14.7. The minimum Gasteiger partial charge on any atom is -0.508 e. The second kappa shape index (κ2) is 9.16. The maximum Gasteiger partial charge on any atom is 0.174 e. The van der Waals surface area contributed by atoms with Crippen LogP contribution in [-0.2, 0) is 6.42 Å². The van der Waals surface area contributed by atoms with Crippen molar-refractivity contribution < 1.29 is 30.0 Å². The monoisotopic (exact) mass is 424 g/mol. The van der Waals surface area contributed by atoms with E-state index >= 15 is 0 Å². The average molecular weight is 424 g/mol. The Labute approximate surface area is 181 Å². The molecule has 164 valence electrons. The van der Waals surface area contributed by atoms with Crippen LogP contribution in [0.1, 0.15) is 67.6 Å². The van der Waals surface area contributed by atoms with Crippen LogP contribution in [0.4, 0.5) is 0 Å². The van der Waals surface area contributed by atoms with Gasteiger partial charge in [-0.25, -0.2) is 0 Å². The smallest absolute Gasteiger partial charge is 0.174 e. The quantitative estimate of drug-likeness (QED) is 0.459. The van der Waals surface area contributed by atoms with Crippen molar-refractivity contribution in [2.24, 2.45) is 0 Å². The van der Waals surface area contributed by atoms with E-state index in [9.17, 15) is 25.2 Å². The van der Waals surface area contributed by atoms with E-state index in [0.29, 0.717) is 17.5 Å². The molecule has 0 saturated heterocycles. The number of hydrogen-bond donors (Lipinski definition) is 4. The van der Waals surface area contributed by atoms with Crippen molar-refractivity contribution in [3.8, 4) is 28.7 Å². The lowest BCUT2D eigenvalue weighted by Crippen LogP contribution is -2.21. The molecular weight excluding hydrogens is 396 g/mol. The van der Waals surface area contributed by atoms with E-state index in [-0.39, 0.29) is 46.5 Å². The summed E-state index contributed by atoms with van der Waals surface area (Å²) in [6, 6.07) is 5.24. The van der Waals surface area contributed by atoms with Crippen molar-refractivity contribution in [3.05, 3.63) is 64.3 Å². The summed E-state index contributed by atoms with van der Waals surface area (Å²) >= 11 is 0. The first kappa shape index (κ1) is 22.3.